The Bertz CT molecular complexity index is 1310. The van der Waals surface area contributed by atoms with E-state index in [1.54, 1.807) is 10.9 Å². The van der Waals surface area contributed by atoms with Gasteiger partial charge in [0, 0.05) is 42.2 Å². The standard InChI is InChI=1S/C25H25N3O4/c1-27-8-5-20(26-27)18-10-17-16(9-23(18)32-14-15-3-4-15)12-25(6-2-7-25)28-13-19(24(30)31)22(29)11-21(17)28/h5,8-11,13,15H,2-4,6-7,12,14H2,1H3,(H,30,31). The number of carboxylic acid groups (broad SMARTS) is 1. The molecular formula is C25H25N3O4. The molecule has 7 heteroatoms. The average Bonchev–Trinajstić information content (AvgIpc) is 3.47. The summed E-state index contributed by atoms with van der Waals surface area (Å²) in [7, 11) is 1.88. The Labute approximate surface area is 185 Å². The summed E-state index contributed by atoms with van der Waals surface area (Å²) in [5, 5.41) is 14.1. The summed E-state index contributed by atoms with van der Waals surface area (Å²) >= 11 is 0. The maximum absolute atomic E-state index is 12.6. The molecule has 2 fully saturated rings. The number of hydrogen-bond donors (Lipinski definition) is 1. The number of aromatic nitrogens is 3. The van der Waals surface area contributed by atoms with Crippen molar-refractivity contribution in [1.29, 1.82) is 0 Å². The molecule has 0 radical (unpaired) electrons. The molecule has 0 saturated heterocycles. The van der Waals surface area contributed by atoms with Crippen LogP contribution in [0.4, 0.5) is 0 Å². The number of ether oxygens (including phenoxy) is 1. The SMILES string of the molecule is Cn1ccc(-c2cc3c(cc2OCC2CC2)CC2(CCC2)n2cc(C(=O)O)c(=O)cc2-3)n1. The third kappa shape index (κ3) is 2.98. The molecule has 3 aromatic rings. The molecule has 6 rings (SSSR count). The van der Waals surface area contributed by atoms with Gasteiger partial charge in [0.2, 0.25) is 0 Å². The monoisotopic (exact) mass is 431 g/mol. The van der Waals surface area contributed by atoms with Crippen molar-refractivity contribution in [3.63, 3.8) is 0 Å². The van der Waals surface area contributed by atoms with Gasteiger partial charge >= 0.3 is 5.97 Å². The van der Waals surface area contributed by atoms with Crippen LogP contribution in [0.25, 0.3) is 22.5 Å². The van der Waals surface area contributed by atoms with Crippen LogP contribution < -0.4 is 10.2 Å². The highest BCUT2D eigenvalue weighted by atomic mass is 16.5. The molecule has 3 aliphatic rings. The first-order valence-electron chi connectivity index (χ1n) is 11.2. The van der Waals surface area contributed by atoms with E-state index >= 15 is 0 Å². The predicted octanol–water partition coefficient (Wildman–Crippen LogP) is 3.84. The van der Waals surface area contributed by atoms with Crippen LogP contribution in [-0.4, -0.2) is 32.0 Å². The fourth-order valence-corrected chi connectivity index (χ4v) is 5.11. The lowest BCUT2D eigenvalue weighted by atomic mass is 9.69. The Hall–Kier alpha value is -3.35. The fraction of sp³-hybridized carbons (Fsp3) is 0.400. The van der Waals surface area contributed by atoms with Crippen molar-refractivity contribution < 1.29 is 14.6 Å². The summed E-state index contributed by atoms with van der Waals surface area (Å²) in [5.41, 5.74) is 3.82. The van der Waals surface area contributed by atoms with Crippen LogP contribution in [0.1, 0.15) is 48.0 Å². The Morgan fingerprint density at radius 2 is 2.06 bits per heavy atom. The molecule has 2 aliphatic carbocycles. The molecule has 0 atom stereocenters. The van der Waals surface area contributed by atoms with Gasteiger partial charge in [-0.1, -0.05) is 0 Å². The van der Waals surface area contributed by atoms with E-state index in [-0.39, 0.29) is 11.1 Å². The van der Waals surface area contributed by atoms with Crippen molar-refractivity contribution in [2.75, 3.05) is 6.61 Å². The largest absolute Gasteiger partial charge is 0.493 e. The summed E-state index contributed by atoms with van der Waals surface area (Å²) in [4.78, 5) is 24.3. The number of pyridine rings is 1. The molecule has 1 N–H and O–H groups in total. The molecule has 2 saturated carbocycles. The van der Waals surface area contributed by atoms with Crippen LogP contribution in [0.15, 0.2) is 41.5 Å². The third-order valence-electron chi connectivity index (χ3n) is 7.24. The van der Waals surface area contributed by atoms with Gasteiger partial charge in [-0.05, 0) is 68.2 Å². The zero-order valence-electron chi connectivity index (χ0n) is 18.0. The fourth-order valence-electron chi connectivity index (χ4n) is 5.11. The first kappa shape index (κ1) is 19.3. The first-order chi connectivity index (χ1) is 15.4. The average molecular weight is 431 g/mol. The summed E-state index contributed by atoms with van der Waals surface area (Å²) in [6.07, 6.45) is 9.74. The lowest BCUT2D eigenvalue weighted by Crippen LogP contribution is -2.46. The van der Waals surface area contributed by atoms with Crippen LogP contribution >= 0.6 is 0 Å². The van der Waals surface area contributed by atoms with Crippen LogP contribution in [0.3, 0.4) is 0 Å². The number of carbonyl (C=O) groups is 1. The van der Waals surface area contributed by atoms with Gasteiger partial charge in [0.25, 0.3) is 0 Å². The van der Waals surface area contributed by atoms with Gasteiger partial charge in [0.1, 0.15) is 11.3 Å². The molecule has 0 amide bonds. The molecule has 0 bridgehead atoms. The van der Waals surface area contributed by atoms with E-state index in [1.165, 1.54) is 18.9 Å². The van der Waals surface area contributed by atoms with E-state index in [4.69, 9.17) is 4.74 Å². The van der Waals surface area contributed by atoms with Crippen molar-refractivity contribution in [3.05, 3.63) is 58.0 Å². The molecule has 3 heterocycles. The second-order valence-corrected chi connectivity index (χ2v) is 9.50. The number of carboxylic acids is 1. The topological polar surface area (TPSA) is 86.4 Å². The number of benzene rings is 1. The highest BCUT2D eigenvalue weighted by molar-refractivity contribution is 5.88. The number of hydrogen-bond acceptors (Lipinski definition) is 4. The van der Waals surface area contributed by atoms with E-state index in [0.717, 1.165) is 59.5 Å². The normalized spacial score (nSPS) is 18.0. The van der Waals surface area contributed by atoms with Crippen LogP contribution in [0, 0.1) is 5.92 Å². The highest BCUT2D eigenvalue weighted by Crippen LogP contribution is 2.50. The Morgan fingerprint density at radius 3 is 2.69 bits per heavy atom. The van der Waals surface area contributed by atoms with Crippen molar-refractivity contribution in [2.45, 2.75) is 44.1 Å². The molecule has 164 valence electrons. The van der Waals surface area contributed by atoms with Gasteiger partial charge in [-0.15, -0.1) is 0 Å². The Morgan fingerprint density at radius 1 is 1.25 bits per heavy atom. The highest BCUT2D eigenvalue weighted by Gasteiger charge is 2.44. The number of rotatable bonds is 5. The van der Waals surface area contributed by atoms with Gasteiger partial charge in [-0.25, -0.2) is 4.79 Å². The van der Waals surface area contributed by atoms with E-state index in [0.29, 0.717) is 12.5 Å². The van der Waals surface area contributed by atoms with E-state index in [9.17, 15) is 14.7 Å². The summed E-state index contributed by atoms with van der Waals surface area (Å²) in [5.74, 6) is 0.291. The zero-order chi connectivity index (χ0) is 22.0. The van der Waals surface area contributed by atoms with Crippen molar-refractivity contribution in [2.24, 2.45) is 13.0 Å². The van der Waals surface area contributed by atoms with Crippen LogP contribution in [0.2, 0.25) is 0 Å². The molecule has 2 aromatic heterocycles. The number of nitrogens with zero attached hydrogens (tertiary/aromatic N) is 3. The smallest absolute Gasteiger partial charge is 0.341 e. The molecule has 1 spiro atoms. The predicted molar refractivity (Wildman–Crippen MR) is 119 cm³/mol. The van der Waals surface area contributed by atoms with E-state index in [2.05, 4.69) is 21.8 Å². The maximum Gasteiger partial charge on any atom is 0.341 e. The third-order valence-corrected chi connectivity index (χ3v) is 7.24. The summed E-state index contributed by atoms with van der Waals surface area (Å²) in [6.45, 7) is 0.710. The maximum atomic E-state index is 12.6. The molecule has 7 nitrogen and oxygen atoms in total. The molecule has 32 heavy (non-hydrogen) atoms. The Kier molecular flexibility index (Phi) is 4.12. The first-order valence-corrected chi connectivity index (χ1v) is 11.2. The van der Waals surface area contributed by atoms with Gasteiger partial charge in [-0.2, -0.15) is 5.10 Å². The van der Waals surface area contributed by atoms with Gasteiger partial charge in [0.15, 0.2) is 5.43 Å². The second kappa shape index (κ2) is 6.82. The minimum absolute atomic E-state index is 0.166. The van der Waals surface area contributed by atoms with Crippen LogP contribution in [-0.2, 0) is 19.0 Å². The lowest BCUT2D eigenvalue weighted by Gasteiger charge is -2.48. The van der Waals surface area contributed by atoms with E-state index < -0.39 is 11.4 Å². The summed E-state index contributed by atoms with van der Waals surface area (Å²) < 4.78 is 10.1. The molecule has 0 unspecified atom stereocenters. The second-order valence-electron chi connectivity index (χ2n) is 9.50. The van der Waals surface area contributed by atoms with Crippen LogP contribution in [0.5, 0.6) is 5.75 Å². The van der Waals surface area contributed by atoms with Crippen molar-refractivity contribution in [3.8, 4) is 28.3 Å². The van der Waals surface area contributed by atoms with E-state index in [1.807, 2.05) is 19.3 Å². The quantitative estimate of drug-likeness (QED) is 0.663. The minimum Gasteiger partial charge on any atom is -0.493 e. The number of aryl methyl sites for hydroxylation is 1. The van der Waals surface area contributed by atoms with Gasteiger partial charge in [0.05, 0.1) is 18.0 Å². The van der Waals surface area contributed by atoms with Gasteiger partial charge in [-0.3, -0.25) is 9.48 Å². The molecule has 1 aromatic carbocycles. The Balaban J connectivity index is 1.55. The zero-order valence-corrected chi connectivity index (χ0v) is 18.0. The summed E-state index contributed by atoms with van der Waals surface area (Å²) in [6, 6.07) is 7.65. The molecule has 1 aliphatic heterocycles. The minimum atomic E-state index is -1.18. The van der Waals surface area contributed by atoms with Crippen molar-refractivity contribution in [1.82, 2.24) is 14.3 Å². The van der Waals surface area contributed by atoms with Crippen molar-refractivity contribution >= 4 is 5.97 Å². The lowest BCUT2D eigenvalue weighted by molar-refractivity contribution is 0.0691. The number of aromatic carboxylic acids is 1. The number of fused-ring (bicyclic) bond motifs is 4. The van der Waals surface area contributed by atoms with Gasteiger partial charge < -0.3 is 14.4 Å². The molecular weight excluding hydrogens is 406 g/mol.